The molecule has 0 aliphatic carbocycles. The molecular weight excluding hydrogens is 458 g/mol. The van der Waals surface area contributed by atoms with Gasteiger partial charge in [-0.2, -0.15) is 14.6 Å². The van der Waals surface area contributed by atoms with Crippen molar-refractivity contribution in [1.29, 1.82) is 0 Å². The number of fused-ring (bicyclic) bond motifs is 1. The number of urea groups is 1. The highest BCUT2D eigenvalue weighted by Gasteiger charge is 2.27. The second kappa shape index (κ2) is 10.1. The van der Waals surface area contributed by atoms with Crippen molar-refractivity contribution in [3.05, 3.63) is 71.7 Å². The predicted molar refractivity (Wildman–Crippen MR) is 137 cm³/mol. The smallest absolute Gasteiger partial charge is 0.322 e. The summed E-state index contributed by atoms with van der Waals surface area (Å²) in [6.45, 7) is 4.46. The number of ether oxygens (including phenoxy) is 2. The van der Waals surface area contributed by atoms with E-state index in [1.54, 1.807) is 32.4 Å². The molecule has 0 radical (unpaired) electrons. The lowest BCUT2D eigenvalue weighted by Gasteiger charge is -2.37. The number of carbonyl (C=O) groups excluding carboxylic acids is 1. The first-order valence-electron chi connectivity index (χ1n) is 11.8. The molecular formula is C26H29N7O3. The van der Waals surface area contributed by atoms with E-state index in [0.29, 0.717) is 49.1 Å². The van der Waals surface area contributed by atoms with E-state index >= 15 is 0 Å². The number of aromatic nitrogens is 4. The number of benzene rings is 2. The zero-order valence-electron chi connectivity index (χ0n) is 20.6. The molecule has 4 aromatic rings. The van der Waals surface area contributed by atoms with E-state index in [9.17, 15) is 4.79 Å². The number of carbonyl (C=O) groups is 1. The third kappa shape index (κ3) is 4.61. The maximum absolute atomic E-state index is 13.0. The van der Waals surface area contributed by atoms with Crippen LogP contribution in [0.15, 0.2) is 54.9 Å². The van der Waals surface area contributed by atoms with Crippen LogP contribution in [-0.2, 0) is 6.42 Å². The van der Waals surface area contributed by atoms with E-state index in [4.69, 9.17) is 9.47 Å². The summed E-state index contributed by atoms with van der Waals surface area (Å²) in [5, 5.41) is 7.43. The first-order chi connectivity index (χ1) is 17.6. The molecule has 2 aromatic heterocycles. The fourth-order valence-electron chi connectivity index (χ4n) is 4.52. The lowest BCUT2D eigenvalue weighted by molar-refractivity contribution is 0.208. The van der Waals surface area contributed by atoms with Crippen molar-refractivity contribution in [1.82, 2.24) is 24.5 Å². The van der Waals surface area contributed by atoms with Crippen LogP contribution < -0.4 is 19.7 Å². The summed E-state index contributed by atoms with van der Waals surface area (Å²) in [5.74, 6) is 2.77. The van der Waals surface area contributed by atoms with Gasteiger partial charge in [-0.25, -0.2) is 9.78 Å². The van der Waals surface area contributed by atoms with Gasteiger partial charge in [-0.1, -0.05) is 30.3 Å². The molecule has 186 valence electrons. The maximum Gasteiger partial charge on any atom is 0.322 e. The van der Waals surface area contributed by atoms with Gasteiger partial charge in [0.05, 0.1) is 19.9 Å². The number of piperazine rings is 1. The van der Waals surface area contributed by atoms with E-state index in [2.05, 4.69) is 37.4 Å². The summed E-state index contributed by atoms with van der Waals surface area (Å²) in [7, 11) is 3.16. The van der Waals surface area contributed by atoms with Gasteiger partial charge in [0.15, 0.2) is 0 Å². The van der Waals surface area contributed by atoms with Crippen LogP contribution in [0.5, 0.6) is 11.5 Å². The number of hydrogen-bond donors (Lipinski definition) is 1. The molecule has 1 aliphatic heterocycles. The third-order valence-electron chi connectivity index (χ3n) is 6.45. The number of nitrogens with one attached hydrogen (secondary N) is 1. The van der Waals surface area contributed by atoms with E-state index in [0.717, 1.165) is 23.5 Å². The van der Waals surface area contributed by atoms with Gasteiger partial charge in [0.2, 0.25) is 0 Å². The van der Waals surface area contributed by atoms with Crippen LogP contribution in [0.1, 0.15) is 16.8 Å². The Morgan fingerprint density at radius 3 is 2.53 bits per heavy atom. The molecule has 0 atom stereocenters. The first kappa shape index (κ1) is 23.4. The molecule has 2 amide bonds. The molecule has 1 N–H and O–H groups in total. The number of amides is 2. The molecule has 10 nitrogen and oxygen atoms in total. The third-order valence-corrected chi connectivity index (χ3v) is 6.45. The monoisotopic (exact) mass is 487 g/mol. The van der Waals surface area contributed by atoms with Crippen LogP contribution in [0.4, 0.5) is 16.3 Å². The molecule has 2 aromatic carbocycles. The lowest BCUT2D eigenvalue weighted by atomic mass is 10.0. The van der Waals surface area contributed by atoms with Gasteiger partial charge < -0.3 is 24.6 Å². The maximum atomic E-state index is 13.0. The number of methoxy groups -OCH3 is 2. The van der Waals surface area contributed by atoms with Crippen LogP contribution in [0.25, 0.3) is 5.78 Å². The number of rotatable bonds is 6. The van der Waals surface area contributed by atoms with Crippen molar-refractivity contribution in [2.75, 3.05) is 50.6 Å². The minimum absolute atomic E-state index is 0.167. The van der Waals surface area contributed by atoms with Gasteiger partial charge in [0.1, 0.15) is 23.6 Å². The Kier molecular flexibility index (Phi) is 6.57. The van der Waals surface area contributed by atoms with E-state index in [1.807, 2.05) is 34.5 Å². The van der Waals surface area contributed by atoms with Crippen molar-refractivity contribution < 1.29 is 14.3 Å². The Morgan fingerprint density at radius 1 is 1.03 bits per heavy atom. The summed E-state index contributed by atoms with van der Waals surface area (Å²) in [5.41, 5.74) is 3.85. The molecule has 0 bridgehead atoms. The van der Waals surface area contributed by atoms with Crippen molar-refractivity contribution in [3.63, 3.8) is 0 Å². The van der Waals surface area contributed by atoms with E-state index < -0.39 is 0 Å². The van der Waals surface area contributed by atoms with Crippen LogP contribution in [-0.4, -0.2) is 70.9 Å². The second-order valence-electron chi connectivity index (χ2n) is 8.60. The topological polar surface area (TPSA) is 97.1 Å². The predicted octanol–water partition coefficient (Wildman–Crippen LogP) is 3.39. The summed E-state index contributed by atoms with van der Waals surface area (Å²) in [4.78, 5) is 26.1. The second-order valence-corrected chi connectivity index (χ2v) is 8.60. The lowest BCUT2D eigenvalue weighted by Crippen LogP contribution is -2.50. The first-order valence-corrected chi connectivity index (χ1v) is 11.8. The molecule has 0 spiro atoms. The summed E-state index contributed by atoms with van der Waals surface area (Å²) in [6, 6.07) is 15.5. The Bertz CT molecular complexity index is 1360. The molecule has 3 heterocycles. The van der Waals surface area contributed by atoms with E-state index in [-0.39, 0.29) is 6.03 Å². The van der Waals surface area contributed by atoms with Crippen LogP contribution in [0, 0.1) is 6.92 Å². The molecule has 10 heteroatoms. The summed E-state index contributed by atoms with van der Waals surface area (Å²) in [6.07, 6.45) is 2.27. The SMILES string of the molecule is COc1ccc(NC(=O)N2CCN(c3c(Cc4ccccc4)c(C)nc4ncnn34)CC2)c(OC)c1. The fraction of sp³-hybridized carbons (Fsp3) is 0.308. The van der Waals surface area contributed by atoms with Crippen LogP contribution >= 0.6 is 0 Å². The average molecular weight is 488 g/mol. The van der Waals surface area contributed by atoms with Gasteiger partial charge in [0, 0.05) is 49.9 Å². The minimum Gasteiger partial charge on any atom is -0.497 e. The van der Waals surface area contributed by atoms with Gasteiger partial charge in [-0.15, -0.1) is 0 Å². The Balaban J connectivity index is 1.34. The summed E-state index contributed by atoms with van der Waals surface area (Å²) < 4.78 is 12.5. The van der Waals surface area contributed by atoms with Gasteiger partial charge in [-0.3, -0.25) is 0 Å². The van der Waals surface area contributed by atoms with Crippen molar-refractivity contribution in [2.45, 2.75) is 13.3 Å². The molecule has 5 rings (SSSR count). The Morgan fingerprint density at radius 2 is 1.81 bits per heavy atom. The number of nitrogens with zero attached hydrogens (tertiary/aromatic N) is 6. The minimum atomic E-state index is -0.167. The largest absolute Gasteiger partial charge is 0.497 e. The molecule has 1 aliphatic rings. The fourth-order valence-corrected chi connectivity index (χ4v) is 4.52. The summed E-state index contributed by atoms with van der Waals surface area (Å²) >= 11 is 0. The molecule has 1 fully saturated rings. The van der Waals surface area contributed by atoms with Crippen molar-refractivity contribution >= 4 is 23.3 Å². The molecule has 36 heavy (non-hydrogen) atoms. The van der Waals surface area contributed by atoms with Crippen LogP contribution in [0.3, 0.4) is 0 Å². The van der Waals surface area contributed by atoms with Gasteiger partial charge >= 0.3 is 6.03 Å². The average Bonchev–Trinajstić information content (AvgIpc) is 3.38. The van der Waals surface area contributed by atoms with Crippen molar-refractivity contribution in [3.8, 4) is 11.5 Å². The zero-order chi connectivity index (χ0) is 25.1. The highest BCUT2D eigenvalue weighted by atomic mass is 16.5. The number of hydrogen-bond acceptors (Lipinski definition) is 7. The molecule has 0 unspecified atom stereocenters. The zero-order valence-corrected chi connectivity index (χ0v) is 20.6. The number of aryl methyl sites for hydroxylation is 1. The Hall–Kier alpha value is -4.34. The molecule has 0 saturated carbocycles. The number of anilines is 2. The quantitative estimate of drug-likeness (QED) is 0.445. The normalized spacial score (nSPS) is 13.6. The van der Waals surface area contributed by atoms with Crippen LogP contribution in [0.2, 0.25) is 0 Å². The van der Waals surface area contributed by atoms with Gasteiger partial charge in [-0.05, 0) is 24.6 Å². The Labute approximate surface area is 209 Å². The standard InChI is InChI=1S/C26H29N7O3/c1-18-21(15-19-7-5-4-6-8-19)24(33-25(29-18)27-17-28-33)31-11-13-32(14-12-31)26(34)30-22-10-9-20(35-2)16-23(22)36-3/h4-10,16-17H,11-15H2,1-3H3,(H,30,34). The van der Waals surface area contributed by atoms with Gasteiger partial charge in [0.25, 0.3) is 5.78 Å². The molecule has 1 saturated heterocycles. The van der Waals surface area contributed by atoms with E-state index in [1.165, 1.54) is 11.9 Å². The highest BCUT2D eigenvalue weighted by Crippen LogP contribution is 2.30. The van der Waals surface area contributed by atoms with Crippen molar-refractivity contribution in [2.24, 2.45) is 0 Å². The highest BCUT2D eigenvalue weighted by molar-refractivity contribution is 5.91.